The highest BCUT2D eigenvalue weighted by Gasteiger charge is 2.09. The zero-order valence-corrected chi connectivity index (χ0v) is 12.3. The van der Waals surface area contributed by atoms with Crippen LogP contribution < -0.4 is 10.2 Å². The minimum atomic E-state index is 0.634. The smallest absolute Gasteiger partial charge is 0.204 e. The first kappa shape index (κ1) is 13.9. The van der Waals surface area contributed by atoms with Crippen molar-refractivity contribution in [2.24, 2.45) is 7.05 Å². The van der Waals surface area contributed by atoms with Crippen LogP contribution in [0.1, 0.15) is 16.8 Å². The second-order valence-electron chi connectivity index (χ2n) is 4.97. The van der Waals surface area contributed by atoms with Gasteiger partial charge < -0.3 is 14.8 Å². The zero-order valence-electron chi connectivity index (χ0n) is 12.3. The Balaban J connectivity index is 2.18. The molecule has 5 nitrogen and oxygen atoms in total. The monoisotopic (exact) mass is 269 g/mol. The standard InChI is InChI=1S/C15H19N5/c1-11-6-5-7-14(13(11)8-16)17-9-12-10-18-15(19(2)3)20(12)4/h5-7,10,17H,9H2,1-4H3. The minimum absolute atomic E-state index is 0.634. The molecule has 0 aliphatic heterocycles. The molecule has 104 valence electrons. The normalized spacial score (nSPS) is 10.2. The van der Waals surface area contributed by atoms with Crippen molar-refractivity contribution in [1.82, 2.24) is 9.55 Å². The van der Waals surface area contributed by atoms with Crippen molar-refractivity contribution in [1.29, 1.82) is 5.26 Å². The molecule has 0 atom stereocenters. The van der Waals surface area contributed by atoms with E-state index in [0.29, 0.717) is 12.1 Å². The molecule has 2 aromatic rings. The summed E-state index contributed by atoms with van der Waals surface area (Å²) >= 11 is 0. The number of nitrogens with one attached hydrogen (secondary N) is 1. The number of nitriles is 1. The average molecular weight is 269 g/mol. The molecule has 1 aromatic heterocycles. The van der Waals surface area contributed by atoms with Crippen LogP contribution in [-0.4, -0.2) is 23.6 Å². The number of hydrogen-bond acceptors (Lipinski definition) is 4. The van der Waals surface area contributed by atoms with Gasteiger partial charge in [-0.3, -0.25) is 0 Å². The summed E-state index contributed by atoms with van der Waals surface area (Å²) in [5.41, 5.74) is 3.61. The third kappa shape index (κ3) is 2.59. The molecular formula is C15H19N5. The Morgan fingerprint density at radius 3 is 2.75 bits per heavy atom. The van der Waals surface area contributed by atoms with Crippen LogP contribution in [0, 0.1) is 18.3 Å². The summed E-state index contributed by atoms with van der Waals surface area (Å²) in [5, 5.41) is 12.5. The summed E-state index contributed by atoms with van der Waals surface area (Å²) in [7, 11) is 5.92. The number of aryl methyl sites for hydroxylation is 1. The lowest BCUT2D eigenvalue weighted by molar-refractivity contribution is 0.814. The third-order valence-corrected chi connectivity index (χ3v) is 3.30. The maximum atomic E-state index is 9.21. The second-order valence-corrected chi connectivity index (χ2v) is 4.97. The van der Waals surface area contributed by atoms with Gasteiger partial charge in [0, 0.05) is 21.1 Å². The molecule has 0 radical (unpaired) electrons. The molecule has 0 aliphatic carbocycles. The Morgan fingerprint density at radius 2 is 2.15 bits per heavy atom. The molecule has 0 bridgehead atoms. The fraction of sp³-hybridized carbons (Fsp3) is 0.333. The van der Waals surface area contributed by atoms with Crippen LogP contribution in [0.3, 0.4) is 0 Å². The van der Waals surface area contributed by atoms with E-state index < -0.39 is 0 Å². The van der Waals surface area contributed by atoms with Crippen LogP contribution in [-0.2, 0) is 13.6 Å². The molecule has 0 fully saturated rings. The van der Waals surface area contributed by atoms with Crippen molar-refractivity contribution >= 4 is 11.6 Å². The van der Waals surface area contributed by atoms with Crippen molar-refractivity contribution in [2.45, 2.75) is 13.5 Å². The fourth-order valence-corrected chi connectivity index (χ4v) is 2.16. The summed E-state index contributed by atoms with van der Waals surface area (Å²) in [6.45, 7) is 2.58. The molecule has 0 aliphatic rings. The molecule has 1 aromatic carbocycles. The summed E-state index contributed by atoms with van der Waals surface area (Å²) in [6, 6.07) is 8.06. The van der Waals surface area contributed by atoms with E-state index in [0.717, 1.165) is 22.9 Å². The molecule has 5 heteroatoms. The summed E-state index contributed by atoms with van der Waals surface area (Å²) < 4.78 is 2.04. The number of imidazole rings is 1. The van der Waals surface area contributed by atoms with Gasteiger partial charge in [-0.25, -0.2) is 4.98 Å². The Hall–Kier alpha value is -2.48. The number of anilines is 2. The SMILES string of the molecule is Cc1cccc(NCc2cnc(N(C)C)n2C)c1C#N. The van der Waals surface area contributed by atoms with Gasteiger partial charge in [-0.15, -0.1) is 0 Å². The van der Waals surface area contributed by atoms with Gasteiger partial charge in [-0.05, 0) is 18.6 Å². The number of hydrogen-bond donors (Lipinski definition) is 1. The Kier molecular flexibility index (Phi) is 3.94. The minimum Gasteiger partial charge on any atom is -0.378 e. The van der Waals surface area contributed by atoms with Crippen LogP contribution in [0.4, 0.5) is 11.6 Å². The van der Waals surface area contributed by atoms with Crippen molar-refractivity contribution in [3.8, 4) is 6.07 Å². The molecular weight excluding hydrogens is 250 g/mol. The van der Waals surface area contributed by atoms with E-state index in [-0.39, 0.29) is 0 Å². The number of benzene rings is 1. The molecule has 1 N–H and O–H groups in total. The van der Waals surface area contributed by atoms with Gasteiger partial charge in [0.25, 0.3) is 0 Å². The molecule has 0 saturated heterocycles. The predicted octanol–water partition coefficient (Wildman–Crippen LogP) is 2.28. The summed E-state index contributed by atoms with van der Waals surface area (Å²) in [6.07, 6.45) is 1.85. The van der Waals surface area contributed by atoms with Crippen LogP contribution in [0.25, 0.3) is 0 Å². The second kappa shape index (κ2) is 5.66. The van der Waals surface area contributed by atoms with Crippen LogP contribution in [0.5, 0.6) is 0 Å². The highest BCUT2D eigenvalue weighted by atomic mass is 15.3. The molecule has 0 spiro atoms. The average Bonchev–Trinajstić information content (AvgIpc) is 2.78. The van der Waals surface area contributed by atoms with E-state index in [9.17, 15) is 5.26 Å². The van der Waals surface area contributed by atoms with Crippen LogP contribution in [0.15, 0.2) is 24.4 Å². The lowest BCUT2D eigenvalue weighted by Gasteiger charge is -2.14. The number of rotatable bonds is 4. The molecule has 1 heterocycles. The quantitative estimate of drug-likeness (QED) is 0.925. The van der Waals surface area contributed by atoms with Gasteiger partial charge in [-0.1, -0.05) is 12.1 Å². The molecule has 0 amide bonds. The number of nitrogens with zero attached hydrogens (tertiary/aromatic N) is 4. The van der Waals surface area contributed by atoms with E-state index >= 15 is 0 Å². The van der Waals surface area contributed by atoms with Gasteiger partial charge in [0.15, 0.2) is 0 Å². The summed E-state index contributed by atoms with van der Waals surface area (Å²) in [4.78, 5) is 6.34. The fourth-order valence-electron chi connectivity index (χ4n) is 2.16. The van der Waals surface area contributed by atoms with Crippen LogP contribution in [0.2, 0.25) is 0 Å². The van der Waals surface area contributed by atoms with E-state index in [1.54, 1.807) is 0 Å². The highest BCUT2D eigenvalue weighted by Crippen LogP contribution is 2.19. The van der Waals surface area contributed by atoms with E-state index in [4.69, 9.17) is 0 Å². The molecule has 0 saturated carbocycles. The largest absolute Gasteiger partial charge is 0.378 e. The lowest BCUT2D eigenvalue weighted by Crippen LogP contribution is -2.15. The zero-order chi connectivity index (χ0) is 14.7. The van der Waals surface area contributed by atoms with Gasteiger partial charge in [0.1, 0.15) is 6.07 Å². The van der Waals surface area contributed by atoms with Crippen molar-refractivity contribution in [3.05, 3.63) is 41.2 Å². The van der Waals surface area contributed by atoms with E-state index in [2.05, 4.69) is 16.4 Å². The third-order valence-electron chi connectivity index (χ3n) is 3.30. The van der Waals surface area contributed by atoms with Crippen molar-refractivity contribution in [3.63, 3.8) is 0 Å². The molecule has 2 rings (SSSR count). The molecule has 20 heavy (non-hydrogen) atoms. The predicted molar refractivity (Wildman–Crippen MR) is 80.8 cm³/mol. The topological polar surface area (TPSA) is 56.9 Å². The lowest BCUT2D eigenvalue weighted by atomic mass is 10.1. The van der Waals surface area contributed by atoms with Gasteiger partial charge in [0.2, 0.25) is 5.95 Å². The first-order valence-electron chi connectivity index (χ1n) is 6.46. The first-order chi connectivity index (χ1) is 9.54. The highest BCUT2D eigenvalue weighted by molar-refractivity contribution is 5.60. The Labute approximate surface area is 119 Å². The van der Waals surface area contributed by atoms with E-state index in [1.165, 1.54) is 0 Å². The maximum absolute atomic E-state index is 9.21. The van der Waals surface area contributed by atoms with Crippen LogP contribution >= 0.6 is 0 Å². The number of aromatic nitrogens is 2. The summed E-state index contributed by atoms with van der Waals surface area (Å²) in [5.74, 6) is 0.909. The van der Waals surface area contributed by atoms with Crippen molar-refractivity contribution < 1.29 is 0 Å². The van der Waals surface area contributed by atoms with Gasteiger partial charge in [0.05, 0.1) is 29.7 Å². The Morgan fingerprint density at radius 1 is 1.40 bits per heavy atom. The maximum Gasteiger partial charge on any atom is 0.204 e. The van der Waals surface area contributed by atoms with Gasteiger partial charge in [-0.2, -0.15) is 5.26 Å². The van der Waals surface area contributed by atoms with Crippen molar-refractivity contribution in [2.75, 3.05) is 24.3 Å². The molecule has 0 unspecified atom stereocenters. The van der Waals surface area contributed by atoms with Gasteiger partial charge >= 0.3 is 0 Å². The first-order valence-corrected chi connectivity index (χ1v) is 6.46. The van der Waals surface area contributed by atoms with E-state index in [1.807, 2.05) is 61.9 Å². The Bertz CT molecular complexity index is 649.